The van der Waals surface area contributed by atoms with E-state index in [4.69, 9.17) is 4.98 Å². The molecule has 5 rings (SSSR count). The molecule has 1 N–H and O–H groups in total. The monoisotopic (exact) mass is 725 g/mol. The average Bonchev–Trinajstić information content (AvgIpc) is 3.62. The van der Waals surface area contributed by atoms with Gasteiger partial charge in [-0.1, -0.05) is 60.6 Å². The molecule has 0 spiro atoms. The Labute approximate surface area is 256 Å². The molecule has 6 heteroatoms. The molecule has 0 atom stereocenters. The summed E-state index contributed by atoms with van der Waals surface area (Å²) >= 11 is 0. The Balaban J connectivity index is 0.000000284. The molecule has 5 aromatic rings. The molecule has 41 heavy (non-hydrogen) atoms. The summed E-state index contributed by atoms with van der Waals surface area (Å²) in [5.41, 5.74) is 5.61. The number of carbonyl (C=O) groups is 1. The van der Waals surface area contributed by atoms with Crippen molar-refractivity contribution in [1.82, 2.24) is 14.1 Å². The first-order valence-corrected chi connectivity index (χ1v) is 13.5. The number of hydrogen-bond acceptors (Lipinski definition) is 3. The largest absolute Gasteiger partial charge is 0.512 e. The topological polar surface area (TPSA) is 60.0 Å². The number of allylic oxidation sites excluding steroid dienone is 2. The molecule has 2 aromatic carbocycles. The zero-order valence-electron chi connectivity index (χ0n) is 24.8. The van der Waals surface area contributed by atoms with Gasteiger partial charge >= 0.3 is 0 Å². The molecule has 0 saturated carbocycles. The molecule has 0 fully saturated rings. The van der Waals surface area contributed by atoms with Crippen LogP contribution in [0, 0.1) is 23.8 Å². The van der Waals surface area contributed by atoms with Gasteiger partial charge in [-0.05, 0) is 42.1 Å². The van der Waals surface area contributed by atoms with Crippen LogP contribution in [0.5, 0.6) is 0 Å². The van der Waals surface area contributed by atoms with Crippen LogP contribution in [0.3, 0.4) is 0 Å². The zero-order chi connectivity index (χ0) is 29.1. The number of aliphatic hydroxyl groups excluding tert-OH is 1. The van der Waals surface area contributed by atoms with Crippen LogP contribution in [0.25, 0.3) is 33.5 Å². The van der Waals surface area contributed by atoms with E-state index in [9.17, 15) is 9.90 Å². The van der Waals surface area contributed by atoms with Gasteiger partial charge in [0.05, 0.1) is 16.9 Å². The van der Waals surface area contributed by atoms with Gasteiger partial charge in [0.2, 0.25) is 0 Å². The van der Waals surface area contributed by atoms with Crippen LogP contribution in [0.4, 0.5) is 0 Å². The Morgan fingerprint density at radius 1 is 0.829 bits per heavy atom. The summed E-state index contributed by atoms with van der Waals surface area (Å²) in [4.78, 5) is 16.4. The number of rotatable bonds is 4. The number of ketones is 1. The molecule has 0 aliphatic carbocycles. The number of aliphatic hydroxyl groups is 1. The molecule has 1 radical (unpaired) electrons. The Kier molecular flexibility index (Phi) is 9.96. The quantitative estimate of drug-likeness (QED) is 0.115. The third-order valence-corrected chi connectivity index (χ3v) is 6.56. The van der Waals surface area contributed by atoms with E-state index in [1.165, 1.54) is 11.6 Å². The van der Waals surface area contributed by atoms with Gasteiger partial charge in [0, 0.05) is 67.2 Å². The first-order valence-electron chi connectivity index (χ1n) is 13.5. The summed E-state index contributed by atoms with van der Waals surface area (Å²) in [6.45, 7) is 13.2. The minimum atomic E-state index is -0.417. The van der Waals surface area contributed by atoms with Gasteiger partial charge in [0.25, 0.3) is 0 Å². The third kappa shape index (κ3) is 7.93. The minimum Gasteiger partial charge on any atom is -0.512 e. The van der Waals surface area contributed by atoms with Crippen LogP contribution >= 0.6 is 0 Å². The van der Waals surface area contributed by atoms with Crippen molar-refractivity contribution in [2.24, 2.45) is 10.8 Å². The van der Waals surface area contributed by atoms with Crippen molar-refractivity contribution in [2.75, 3.05) is 0 Å². The van der Waals surface area contributed by atoms with E-state index in [-0.39, 0.29) is 37.1 Å². The maximum Gasteiger partial charge on any atom is 0.164 e. The molecule has 3 aromatic heterocycles. The Bertz CT molecular complexity index is 1640. The van der Waals surface area contributed by atoms with Crippen molar-refractivity contribution < 1.29 is 30.0 Å². The van der Waals surface area contributed by atoms with Gasteiger partial charge in [-0.2, -0.15) is 0 Å². The fourth-order valence-corrected chi connectivity index (χ4v) is 3.99. The van der Waals surface area contributed by atoms with Crippen LogP contribution < -0.4 is 0 Å². The van der Waals surface area contributed by atoms with E-state index in [1.54, 1.807) is 0 Å². The van der Waals surface area contributed by atoms with E-state index < -0.39 is 5.41 Å². The normalized spacial score (nSPS) is 11.9. The number of carbonyl (C=O) groups excluding carboxylic acids is 1. The van der Waals surface area contributed by atoms with Crippen LogP contribution in [-0.2, 0) is 24.9 Å². The van der Waals surface area contributed by atoms with Crippen molar-refractivity contribution >= 4 is 16.7 Å². The average molecular weight is 725 g/mol. The molecule has 0 aliphatic rings. The van der Waals surface area contributed by atoms with Crippen LogP contribution in [0.1, 0.15) is 47.1 Å². The fraction of sp³-hybridized carbons (Fsp3) is 0.257. The molecule has 0 amide bonds. The van der Waals surface area contributed by atoms with E-state index in [0.717, 1.165) is 33.5 Å². The van der Waals surface area contributed by atoms with Crippen LogP contribution in [0.2, 0.25) is 0 Å². The molecule has 0 aliphatic heterocycles. The molecule has 0 saturated heterocycles. The molecule has 0 unspecified atom stereocenters. The van der Waals surface area contributed by atoms with Gasteiger partial charge in [-0.25, -0.2) is 0 Å². The summed E-state index contributed by atoms with van der Waals surface area (Å²) in [7, 11) is 0. The molecule has 3 heterocycles. The van der Waals surface area contributed by atoms with Crippen LogP contribution in [-0.4, -0.2) is 25.0 Å². The summed E-state index contributed by atoms with van der Waals surface area (Å²) in [6.07, 6.45) is 9.59. The Hall–Kier alpha value is -3.73. The van der Waals surface area contributed by atoms with Gasteiger partial charge in [-0.3, -0.25) is 9.78 Å². The smallest absolute Gasteiger partial charge is 0.164 e. The number of hydrogen-bond donors (Lipinski definition) is 1. The van der Waals surface area contributed by atoms with E-state index in [0.29, 0.717) is 0 Å². The van der Waals surface area contributed by atoms with Crippen molar-refractivity contribution in [3.63, 3.8) is 0 Å². The molecule has 215 valence electrons. The van der Waals surface area contributed by atoms with E-state index >= 15 is 0 Å². The van der Waals surface area contributed by atoms with Crippen molar-refractivity contribution in [1.29, 1.82) is 0 Å². The second-order valence-electron chi connectivity index (χ2n) is 12.1. The summed E-state index contributed by atoms with van der Waals surface area (Å²) < 4.78 is 4.26. The van der Waals surface area contributed by atoms with E-state index in [1.807, 2.05) is 71.9 Å². The number of benzene rings is 2. The molecular formula is C35H38IrN3O2-. The van der Waals surface area contributed by atoms with Crippen molar-refractivity contribution in [3.8, 4) is 22.6 Å². The van der Waals surface area contributed by atoms with Crippen molar-refractivity contribution in [2.45, 2.75) is 48.5 Å². The Morgan fingerprint density at radius 2 is 1.39 bits per heavy atom. The SMILES string of the molecule is CC(C)(C)C(=O)/C=C(\O)C(C)(C)C.Cc1cc[c-]c(-c2ccc3cc(-n4cccc4)c(-n4cccc4)cc3n2)c1.[Ir]. The predicted molar refractivity (Wildman–Crippen MR) is 164 cm³/mol. The number of nitrogens with zero attached hydrogens (tertiary/aromatic N) is 3. The van der Waals surface area contributed by atoms with Gasteiger partial charge < -0.3 is 14.2 Å². The van der Waals surface area contributed by atoms with Crippen molar-refractivity contribution in [3.05, 3.63) is 115 Å². The number of aryl methyl sites for hydroxylation is 1. The van der Waals surface area contributed by atoms with Gasteiger partial charge in [-0.15, -0.1) is 35.4 Å². The number of aromatic nitrogens is 3. The summed E-state index contributed by atoms with van der Waals surface area (Å²) in [6, 6.07) is 26.1. The maximum absolute atomic E-state index is 11.5. The summed E-state index contributed by atoms with van der Waals surface area (Å²) in [5.74, 6) is 0.104. The molecule has 5 nitrogen and oxygen atoms in total. The summed E-state index contributed by atoms with van der Waals surface area (Å²) in [5, 5.41) is 10.7. The minimum absolute atomic E-state index is 0. The zero-order valence-corrected chi connectivity index (χ0v) is 27.2. The predicted octanol–water partition coefficient (Wildman–Crippen LogP) is 8.68. The Morgan fingerprint density at radius 3 is 1.90 bits per heavy atom. The van der Waals surface area contributed by atoms with Gasteiger partial charge in [0.1, 0.15) is 5.76 Å². The maximum atomic E-state index is 11.5. The third-order valence-electron chi connectivity index (χ3n) is 6.56. The molecule has 0 bridgehead atoms. The fourth-order valence-electron chi connectivity index (χ4n) is 3.99. The second-order valence-corrected chi connectivity index (χ2v) is 12.1. The standard InChI is InChI=1S/C24H18N3.C11H20O2.Ir/c1-18-7-6-8-19(15-18)21-10-9-20-16-23(26-11-2-3-12-26)24(17-22(20)25-21)27-13-4-5-14-27;1-10(2,3)8(12)7-9(13)11(4,5)6;/h2-7,9-17H,1H3;7,12H,1-6H3;/q-1;;/b;8-7-;. The first kappa shape index (κ1) is 31.8. The second kappa shape index (κ2) is 12.8. The first-order chi connectivity index (χ1) is 18.8. The number of pyridine rings is 1. The van der Waals surface area contributed by atoms with E-state index in [2.05, 4.69) is 83.3 Å². The van der Waals surface area contributed by atoms with Crippen LogP contribution in [0.15, 0.2) is 103 Å². The number of fused-ring (bicyclic) bond motifs is 1. The molecular weight excluding hydrogens is 687 g/mol. The van der Waals surface area contributed by atoms with Gasteiger partial charge in [0.15, 0.2) is 5.78 Å².